The van der Waals surface area contributed by atoms with Gasteiger partial charge in [-0.05, 0) is 86.9 Å². The van der Waals surface area contributed by atoms with Gasteiger partial charge in [0.05, 0.1) is 18.0 Å². The van der Waals surface area contributed by atoms with E-state index in [1.54, 1.807) is 16.8 Å². The van der Waals surface area contributed by atoms with Gasteiger partial charge in [-0.3, -0.25) is 24.4 Å². The molecule has 3 aromatic heterocycles. The van der Waals surface area contributed by atoms with Crippen LogP contribution in [0.5, 0.6) is 0 Å². The highest BCUT2D eigenvalue weighted by atomic mass is 19.1. The lowest BCUT2D eigenvalue weighted by Crippen LogP contribution is -2.46. The smallest absolute Gasteiger partial charge is 0.250 e. The second-order valence-electron chi connectivity index (χ2n) is 11.4. The van der Waals surface area contributed by atoms with Crippen molar-refractivity contribution >= 4 is 28.5 Å². The number of rotatable bonds is 7. The molecule has 1 saturated heterocycles. The minimum atomic E-state index is -1.07. The Kier molecular flexibility index (Phi) is 7.58. The fourth-order valence-electron chi connectivity index (χ4n) is 6.33. The maximum Gasteiger partial charge on any atom is 0.250 e. The zero-order valence-corrected chi connectivity index (χ0v) is 23.7. The highest BCUT2D eigenvalue weighted by molar-refractivity contribution is 6.07. The summed E-state index contributed by atoms with van der Waals surface area (Å²) in [7, 11) is 0. The number of aromatic nitrogens is 3. The third-order valence-corrected chi connectivity index (χ3v) is 8.51. The van der Waals surface area contributed by atoms with Gasteiger partial charge in [-0.25, -0.2) is 4.39 Å². The third-order valence-electron chi connectivity index (χ3n) is 8.51. The number of primary amides is 1. The lowest BCUT2D eigenvalue weighted by molar-refractivity contribution is -0.139. The van der Waals surface area contributed by atoms with Crippen molar-refractivity contribution in [1.82, 2.24) is 19.4 Å². The van der Waals surface area contributed by atoms with E-state index < -0.39 is 18.1 Å². The Balaban J connectivity index is 1.28. The summed E-state index contributed by atoms with van der Waals surface area (Å²) in [6.07, 6.45) is 6.22. The number of likely N-dealkylation sites (tertiary alicyclic amines) is 1. The predicted octanol–water partition coefficient (Wildman–Crippen LogP) is 4.53. The van der Waals surface area contributed by atoms with E-state index in [9.17, 15) is 18.8 Å². The predicted molar refractivity (Wildman–Crippen MR) is 158 cm³/mol. The molecular formula is C33H34FN5O3. The Morgan fingerprint density at radius 1 is 1.05 bits per heavy atom. The third kappa shape index (κ3) is 5.55. The summed E-state index contributed by atoms with van der Waals surface area (Å²) in [5.41, 5.74) is 12.5. The van der Waals surface area contributed by atoms with Crippen LogP contribution in [0.15, 0.2) is 54.9 Å². The molecule has 1 aliphatic carbocycles. The van der Waals surface area contributed by atoms with Crippen molar-refractivity contribution in [2.45, 2.75) is 70.6 Å². The SMILES string of the molecule is Cc1cccc(CC(=O)[C@@H]2CCC(F)CCN2C(=O)Cn2cc(C(N)=O)c3cc(-c4cnc5c(c4)CCC5)ccc32)n1. The van der Waals surface area contributed by atoms with E-state index in [0.29, 0.717) is 22.2 Å². The molecule has 1 aromatic carbocycles. The van der Waals surface area contributed by atoms with E-state index in [2.05, 4.69) is 16.0 Å². The fourth-order valence-corrected chi connectivity index (χ4v) is 6.33. The largest absolute Gasteiger partial charge is 0.366 e. The van der Waals surface area contributed by atoms with Crippen LogP contribution in [0.1, 0.15) is 58.7 Å². The maximum atomic E-state index is 14.5. The maximum absolute atomic E-state index is 14.5. The molecule has 2 N–H and O–H groups in total. The van der Waals surface area contributed by atoms with Gasteiger partial charge in [0, 0.05) is 52.5 Å². The molecule has 2 aliphatic rings. The van der Waals surface area contributed by atoms with Crippen LogP contribution in [0, 0.1) is 6.92 Å². The molecule has 0 saturated carbocycles. The molecule has 0 bridgehead atoms. The number of aryl methyl sites for hydroxylation is 3. The quantitative estimate of drug-likeness (QED) is 0.353. The number of nitrogens with two attached hydrogens (primary N) is 1. The number of alkyl halides is 1. The summed E-state index contributed by atoms with van der Waals surface area (Å²) in [6, 6.07) is 12.6. The summed E-state index contributed by atoms with van der Waals surface area (Å²) in [5, 5.41) is 0.645. The number of ketones is 1. The lowest BCUT2D eigenvalue weighted by Gasteiger charge is -2.29. The van der Waals surface area contributed by atoms with E-state index >= 15 is 0 Å². The number of Topliss-reactive ketones (excluding diaryl/α,β-unsaturated/α-hetero) is 1. The van der Waals surface area contributed by atoms with Crippen molar-refractivity contribution in [3.05, 3.63) is 83.1 Å². The normalized spacial score (nSPS) is 18.6. The van der Waals surface area contributed by atoms with Gasteiger partial charge in [0.2, 0.25) is 5.91 Å². The molecule has 9 heteroatoms. The number of hydrogen-bond donors (Lipinski definition) is 1. The van der Waals surface area contributed by atoms with E-state index in [1.165, 1.54) is 10.5 Å². The number of fused-ring (bicyclic) bond motifs is 2. The molecule has 0 spiro atoms. The molecule has 4 aromatic rings. The average Bonchev–Trinajstić information content (AvgIpc) is 3.52. The van der Waals surface area contributed by atoms with Gasteiger partial charge in [0.25, 0.3) is 5.91 Å². The monoisotopic (exact) mass is 567 g/mol. The number of nitrogens with zero attached hydrogens (tertiary/aromatic N) is 4. The van der Waals surface area contributed by atoms with E-state index in [4.69, 9.17) is 5.73 Å². The van der Waals surface area contributed by atoms with Gasteiger partial charge >= 0.3 is 0 Å². The van der Waals surface area contributed by atoms with Crippen LogP contribution in [-0.2, 0) is 35.4 Å². The summed E-state index contributed by atoms with van der Waals surface area (Å²) in [6.45, 7) is 1.90. The molecule has 42 heavy (non-hydrogen) atoms. The van der Waals surface area contributed by atoms with Gasteiger partial charge in [-0.1, -0.05) is 12.1 Å². The fraction of sp³-hybridized carbons (Fsp3) is 0.364. The molecule has 8 nitrogen and oxygen atoms in total. The lowest BCUT2D eigenvalue weighted by atomic mass is 10.0. The van der Waals surface area contributed by atoms with Crippen LogP contribution in [0.25, 0.3) is 22.0 Å². The van der Waals surface area contributed by atoms with Crippen LogP contribution in [0.4, 0.5) is 4.39 Å². The molecule has 2 atom stereocenters. The number of hydrogen-bond acceptors (Lipinski definition) is 5. The van der Waals surface area contributed by atoms with Crippen LogP contribution in [-0.4, -0.2) is 55.8 Å². The van der Waals surface area contributed by atoms with Gasteiger partial charge in [-0.2, -0.15) is 0 Å². The number of benzene rings is 1. The van der Waals surface area contributed by atoms with E-state index in [-0.39, 0.29) is 50.5 Å². The highest BCUT2D eigenvalue weighted by Gasteiger charge is 2.33. The molecule has 0 radical (unpaired) electrons. The number of carbonyl (C=O) groups is 3. The Bertz CT molecular complexity index is 1700. The molecule has 1 unspecified atom stereocenters. The van der Waals surface area contributed by atoms with Gasteiger partial charge in [-0.15, -0.1) is 0 Å². The van der Waals surface area contributed by atoms with Crippen LogP contribution in [0.3, 0.4) is 0 Å². The summed E-state index contributed by atoms with van der Waals surface area (Å²) in [4.78, 5) is 50.2. The molecule has 1 fully saturated rings. The number of halogens is 1. The first-order valence-corrected chi connectivity index (χ1v) is 14.6. The molecule has 4 heterocycles. The van der Waals surface area contributed by atoms with Gasteiger partial charge in [0.15, 0.2) is 5.78 Å². The Morgan fingerprint density at radius 2 is 1.90 bits per heavy atom. The van der Waals surface area contributed by atoms with Crippen LogP contribution < -0.4 is 5.73 Å². The summed E-state index contributed by atoms with van der Waals surface area (Å²) < 4.78 is 16.2. The molecule has 6 rings (SSSR count). The zero-order chi connectivity index (χ0) is 29.4. The number of pyridine rings is 2. The van der Waals surface area contributed by atoms with Crippen molar-refractivity contribution in [3.63, 3.8) is 0 Å². The minimum absolute atomic E-state index is 0.0751. The van der Waals surface area contributed by atoms with Crippen molar-refractivity contribution in [1.29, 1.82) is 0 Å². The topological polar surface area (TPSA) is 111 Å². The molecule has 216 valence electrons. The minimum Gasteiger partial charge on any atom is -0.366 e. The van der Waals surface area contributed by atoms with Crippen molar-refractivity contribution in [3.8, 4) is 11.1 Å². The first-order valence-electron chi connectivity index (χ1n) is 14.6. The summed E-state index contributed by atoms with van der Waals surface area (Å²) >= 11 is 0. The average molecular weight is 568 g/mol. The Morgan fingerprint density at radius 3 is 2.71 bits per heavy atom. The highest BCUT2D eigenvalue weighted by Crippen LogP contribution is 2.31. The van der Waals surface area contributed by atoms with Crippen LogP contribution >= 0.6 is 0 Å². The zero-order valence-electron chi connectivity index (χ0n) is 23.7. The second kappa shape index (κ2) is 11.5. The Labute approximate surface area is 243 Å². The van der Waals surface area contributed by atoms with E-state index in [0.717, 1.165) is 41.8 Å². The summed E-state index contributed by atoms with van der Waals surface area (Å²) in [5.74, 6) is -1.05. The first kappa shape index (κ1) is 27.8. The van der Waals surface area contributed by atoms with Gasteiger partial charge in [0.1, 0.15) is 12.7 Å². The van der Waals surface area contributed by atoms with Crippen LogP contribution in [0.2, 0.25) is 0 Å². The van der Waals surface area contributed by atoms with E-state index in [1.807, 2.05) is 43.5 Å². The van der Waals surface area contributed by atoms with Crippen molar-refractivity contribution in [2.75, 3.05) is 6.54 Å². The molecular weight excluding hydrogens is 533 g/mol. The second-order valence-corrected chi connectivity index (χ2v) is 11.4. The number of carbonyl (C=O) groups excluding carboxylic acids is 3. The Hall–Kier alpha value is -4.40. The molecule has 1 aliphatic heterocycles. The van der Waals surface area contributed by atoms with Gasteiger partial charge < -0.3 is 15.2 Å². The molecule has 2 amide bonds. The first-order chi connectivity index (χ1) is 20.3. The van der Waals surface area contributed by atoms with Crippen molar-refractivity contribution < 1.29 is 18.8 Å². The van der Waals surface area contributed by atoms with Crippen molar-refractivity contribution in [2.24, 2.45) is 5.73 Å². The number of amides is 2. The standard InChI is InChI=1S/C33H34FN5O3/c1-20-4-2-6-25(37-20)16-31(40)30-11-9-24(34)12-13-39(30)32(41)19-38-18-27(33(35)42)26-15-21(8-10-29(26)38)23-14-22-5-3-7-28(22)36-17-23/h2,4,6,8,10,14-15,17-18,24,30H,3,5,7,9,11-13,16,19H2,1H3,(H2,35,42)/t24?,30-/m0/s1.